The van der Waals surface area contributed by atoms with E-state index in [1.807, 2.05) is 20.8 Å². The lowest BCUT2D eigenvalue weighted by Gasteiger charge is -2.39. The van der Waals surface area contributed by atoms with E-state index in [-0.39, 0.29) is 18.1 Å². The van der Waals surface area contributed by atoms with Crippen molar-refractivity contribution in [2.45, 2.75) is 58.1 Å². The average Bonchev–Trinajstić information content (AvgIpc) is 3.09. The first-order chi connectivity index (χ1) is 8.78. The van der Waals surface area contributed by atoms with E-state index in [2.05, 4.69) is 0 Å². The molecular formula is C14H23NO4. The second-order valence-corrected chi connectivity index (χ2v) is 6.64. The number of aliphatic carboxylic acids is 1. The Kier molecular flexibility index (Phi) is 3.74. The molecule has 0 spiro atoms. The van der Waals surface area contributed by atoms with E-state index in [1.165, 1.54) is 0 Å². The van der Waals surface area contributed by atoms with Crippen molar-refractivity contribution >= 4 is 12.1 Å². The standard InChI is InChI=1S/C14H23NO4/c1-14(2,3)19-13(18)15-7-6-10(12(16)17)8-11(15)9-4-5-9/h9-11H,4-8H2,1-3H3,(H,16,17)/t10-,11-/m0/s1. The molecule has 2 aliphatic rings. The van der Waals surface area contributed by atoms with Crippen LogP contribution in [-0.2, 0) is 9.53 Å². The van der Waals surface area contributed by atoms with Crippen LogP contribution in [0.3, 0.4) is 0 Å². The Hall–Kier alpha value is -1.26. The van der Waals surface area contributed by atoms with Gasteiger partial charge in [0, 0.05) is 12.6 Å². The van der Waals surface area contributed by atoms with E-state index in [9.17, 15) is 9.59 Å². The summed E-state index contributed by atoms with van der Waals surface area (Å²) in [6.45, 7) is 6.04. The van der Waals surface area contributed by atoms with Crippen molar-refractivity contribution in [2.24, 2.45) is 11.8 Å². The van der Waals surface area contributed by atoms with Gasteiger partial charge in [0.1, 0.15) is 5.60 Å². The predicted molar refractivity (Wildman–Crippen MR) is 69.8 cm³/mol. The zero-order valence-corrected chi connectivity index (χ0v) is 11.9. The molecule has 1 aliphatic heterocycles. The highest BCUT2D eigenvalue weighted by molar-refractivity contribution is 5.72. The molecule has 108 valence electrons. The number of carboxylic acids is 1. The maximum atomic E-state index is 12.2. The fraction of sp³-hybridized carbons (Fsp3) is 0.857. The molecule has 0 radical (unpaired) electrons. The minimum atomic E-state index is -0.741. The molecule has 2 rings (SSSR count). The van der Waals surface area contributed by atoms with E-state index < -0.39 is 11.6 Å². The Balaban J connectivity index is 2.03. The molecule has 0 aromatic carbocycles. The first-order valence-electron chi connectivity index (χ1n) is 7.00. The van der Waals surface area contributed by atoms with Gasteiger partial charge < -0.3 is 14.7 Å². The average molecular weight is 269 g/mol. The monoisotopic (exact) mass is 269 g/mol. The van der Waals surface area contributed by atoms with E-state index >= 15 is 0 Å². The first-order valence-corrected chi connectivity index (χ1v) is 7.00. The quantitative estimate of drug-likeness (QED) is 0.836. The molecule has 0 unspecified atom stereocenters. The number of piperidine rings is 1. The molecule has 5 nitrogen and oxygen atoms in total. The molecule has 1 heterocycles. The van der Waals surface area contributed by atoms with Crippen molar-refractivity contribution in [2.75, 3.05) is 6.54 Å². The third kappa shape index (κ3) is 3.61. The highest BCUT2D eigenvalue weighted by atomic mass is 16.6. The van der Waals surface area contributed by atoms with Crippen LogP contribution >= 0.6 is 0 Å². The number of carbonyl (C=O) groups is 2. The lowest BCUT2D eigenvalue weighted by atomic mass is 9.89. The molecule has 2 fully saturated rings. The van der Waals surface area contributed by atoms with Crippen LogP contribution in [-0.4, -0.2) is 40.3 Å². The first kappa shape index (κ1) is 14.2. The number of ether oxygens (including phenoxy) is 1. The summed E-state index contributed by atoms with van der Waals surface area (Å²) in [6, 6.07) is 0.0460. The van der Waals surface area contributed by atoms with Gasteiger partial charge >= 0.3 is 12.1 Å². The predicted octanol–water partition coefficient (Wildman–Crippen LogP) is 2.50. The van der Waals surface area contributed by atoms with Crippen molar-refractivity contribution < 1.29 is 19.4 Å². The van der Waals surface area contributed by atoms with Crippen molar-refractivity contribution in [1.29, 1.82) is 0 Å². The van der Waals surface area contributed by atoms with Gasteiger partial charge in [-0.1, -0.05) is 0 Å². The van der Waals surface area contributed by atoms with E-state index in [0.717, 1.165) is 12.8 Å². The minimum Gasteiger partial charge on any atom is -0.481 e. The van der Waals surface area contributed by atoms with Gasteiger partial charge in [0.05, 0.1) is 5.92 Å². The normalized spacial score (nSPS) is 28.1. The third-order valence-electron chi connectivity index (χ3n) is 3.79. The second-order valence-electron chi connectivity index (χ2n) is 6.64. The van der Waals surface area contributed by atoms with Crippen molar-refractivity contribution in [3.8, 4) is 0 Å². The summed E-state index contributed by atoms with van der Waals surface area (Å²) in [5, 5.41) is 9.13. The molecule has 1 saturated heterocycles. The van der Waals surface area contributed by atoms with E-state index in [0.29, 0.717) is 25.3 Å². The number of hydrogen-bond donors (Lipinski definition) is 1. The van der Waals surface area contributed by atoms with Gasteiger partial charge in [0.25, 0.3) is 0 Å². The molecular weight excluding hydrogens is 246 g/mol. The molecule has 1 saturated carbocycles. The molecule has 0 bridgehead atoms. The summed E-state index contributed by atoms with van der Waals surface area (Å²) in [5.74, 6) is -0.589. The van der Waals surface area contributed by atoms with Gasteiger partial charge in [0.2, 0.25) is 0 Å². The summed E-state index contributed by atoms with van der Waals surface area (Å²) < 4.78 is 5.42. The van der Waals surface area contributed by atoms with E-state index in [1.54, 1.807) is 4.90 Å². The van der Waals surface area contributed by atoms with Crippen molar-refractivity contribution in [1.82, 2.24) is 4.90 Å². The van der Waals surface area contributed by atoms with Gasteiger partial charge in [-0.3, -0.25) is 4.79 Å². The SMILES string of the molecule is CC(C)(C)OC(=O)N1CC[C@H](C(=O)O)C[C@H]1C1CC1. The zero-order valence-electron chi connectivity index (χ0n) is 11.9. The smallest absolute Gasteiger partial charge is 0.410 e. The highest BCUT2D eigenvalue weighted by Gasteiger charge is 2.44. The lowest BCUT2D eigenvalue weighted by Crippen LogP contribution is -2.50. The van der Waals surface area contributed by atoms with Crippen LogP contribution in [0.4, 0.5) is 4.79 Å². The Bertz CT molecular complexity index is 370. The Morgan fingerprint density at radius 1 is 1.21 bits per heavy atom. The maximum Gasteiger partial charge on any atom is 0.410 e. The zero-order chi connectivity index (χ0) is 14.2. The van der Waals surface area contributed by atoms with Crippen LogP contribution in [0, 0.1) is 11.8 Å². The molecule has 1 amide bonds. The third-order valence-corrected chi connectivity index (χ3v) is 3.79. The molecule has 0 aromatic heterocycles. The summed E-state index contributed by atoms with van der Waals surface area (Å²) in [7, 11) is 0. The fourth-order valence-electron chi connectivity index (χ4n) is 2.70. The number of hydrogen-bond acceptors (Lipinski definition) is 3. The highest BCUT2D eigenvalue weighted by Crippen LogP contribution is 2.41. The summed E-state index contributed by atoms with van der Waals surface area (Å²) in [5.41, 5.74) is -0.505. The van der Waals surface area contributed by atoms with Gasteiger partial charge in [-0.15, -0.1) is 0 Å². The van der Waals surface area contributed by atoms with Gasteiger partial charge in [-0.25, -0.2) is 4.79 Å². The Morgan fingerprint density at radius 2 is 1.84 bits per heavy atom. The molecule has 1 N–H and O–H groups in total. The summed E-state index contributed by atoms with van der Waals surface area (Å²) >= 11 is 0. The maximum absolute atomic E-state index is 12.2. The molecule has 1 aliphatic carbocycles. The van der Waals surface area contributed by atoms with Crippen LogP contribution in [0.5, 0.6) is 0 Å². The number of carboxylic acid groups (broad SMARTS) is 1. The molecule has 5 heteroatoms. The summed E-state index contributed by atoms with van der Waals surface area (Å²) in [4.78, 5) is 25.1. The van der Waals surface area contributed by atoms with Crippen LogP contribution in [0.15, 0.2) is 0 Å². The Morgan fingerprint density at radius 3 is 2.32 bits per heavy atom. The molecule has 0 aromatic rings. The number of nitrogens with zero attached hydrogens (tertiary/aromatic N) is 1. The van der Waals surface area contributed by atoms with Gasteiger partial charge in [0.15, 0.2) is 0 Å². The number of amides is 1. The van der Waals surface area contributed by atoms with Crippen molar-refractivity contribution in [3.05, 3.63) is 0 Å². The topological polar surface area (TPSA) is 66.8 Å². The number of likely N-dealkylation sites (tertiary alicyclic amines) is 1. The fourth-order valence-corrected chi connectivity index (χ4v) is 2.70. The largest absolute Gasteiger partial charge is 0.481 e. The van der Waals surface area contributed by atoms with Crippen LogP contribution in [0.1, 0.15) is 46.5 Å². The van der Waals surface area contributed by atoms with Gasteiger partial charge in [-0.2, -0.15) is 0 Å². The van der Waals surface area contributed by atoms with Crippen LogP contribution < -0.4 is 0 Å². The second kappa shape index (κ2) is 5.02. The lowest BCUT2D eigenvalue weighted by molar-refractivity contribution is -0.144. The number of rotatable bonds is 2. The van der Waals surface area contributed by atoms with Gasteiger partial charge in [-0.05, 0) is 52.4 Å². The molecule has 19 heavy (non-hydrogen) atoms. The summed E-state index contributed by atoms with van der Waals surface area (Å²) in [6.07, 6.45) is 2.98. The Labute approximate surface area is 113 Å². The minimum absolute atomic E-state index is 0.0460. The van der Waals surface area contributed by atoms with Crippen LogP contribution in [0.25, 0.3) is 0 Å². The van der Waals surface area contributed by atoms with Crippen LogP contribution in [0.2, 0.25) is 0 Å². The van der Waals surface area contributed by atoms with Crippen molar-refractivity contribution in [3.63, 3.8) is 0 Å². The van der Waals surface area contributed by atoms with E-state index in [4.69, 9.17) is 9.84 Å². The number of carbonyl (C=O) groups excluding carboxylic acids is 1. The molecule has 2 atom stereocenters.